The largest absolute Gasteiger partial charge is 0.322 e. The molecule has 1 aliphatic rings. The fourth-order valence-corrected chi connectivity index (χ4v) is 3.50. The molecule has 1 aromatic heterocycles. The van der Waals surface area contributed by atoms with E-state index in [-0.39, 0.29) is 6.04 Å². The van der Waals surface area contributed by atoms with E-state index >= 15 is 0 Å². The van der Waals surface area contributed by atoms with Crippen molar-refractivity contribution in [2.45, 2.75) is 12.5 Å². The van der Waals surface area contributed by atoms with E-state index in [9.17, 15) is 0 Å². The van der Waals surface area contributed by atoms with E-state index in [0.29, 0.717) is 0 Å². The Balaban J connectivity index is 1.84. The van der Waals surface area contributed by atoms with Crippen LogP contribution in [0, 0.1) is 0 Å². The van der Waals surface area contributed by atoms with Crippen LogP contribution in [0.15, 0.2) is 17.5 Å². The summed E-state index contributed by atoms with van der Waals surface area (Å²) in [5.41, 5.74) is 6.18. The summed E-state index contributed by atoms with van der Waals surface area (Å²) >= 11 is 3.83. The second kappa shape index (κ2) is 5.89. The molecule has 1 aromatic rings. The van der Waals surface area contributed by atoms with Crippen LogP contribution >= 0.6 is 23.1 Å². The van der Waals surface area contributed by atoms with Crippen molar-refractivity contribution in [3.8, 4) is 0 Å². The van der Waals surface area contributed by atoms with Gasteiger partial charge in [-0.2, -0.15) is 11.8 Å². The lowest BCUT2D eigenvalue weighted by Crippen LogP contribution is -2.33. The molecule has 2 nitrogen and oxygen atoms in total. The second-order valence-corrected chi connectivity index (χ2v) is 6.09. The Bertz CT molecular complexity index is 266. The van der Waals surface area contributed by atoms with Crippen LogP contribution in [-0.2, 0) is 0 Å². The minimum absolute atomic E-state index is 0.202. The lowest BCUT2D eigenvalue weighted by molar-refractivity contribution is 0.278. The van der Waals surface area contributed by atoms with Crippen LogP contribution in [0.1, 0.15) is 17.3 Å². The molecule has 0 saturated carbocycles. The average Bonchev–Trinajstić information content (AvgIpc) is 2.65. The van der Waals surface area contributed by atoms with Gasteiger partial charge in [0.1, 0.15) is 0 Å². The van der Waals surface area contributed by atoms with Crippen LogP contribution in [-0.4, -0.2) is 36.0 Å². The van der Waals surface area contributed by atoms with Crippen LogP contribution in [0.25, 0.3) is 0 Å². The van der Waals surface area contributed by atoms with Gasteiger partial charge in [-0.3, -0.25) is 0 Å². The van der Waals surface area contributed by atoms with Gasteiger partial charge in [-0.15, -0.1) is 11.3 Å². The highest BCUT2D eigenvalue weighted by atomic mass is 32.2. The van der Waals surface area contributed by atoms with E-state index in [1.807, 2.05) is 0 Å². The van der Waals surface area contributed by atoms with Gasteiger partial charge >= 0.3 is 0 Å². The Kier molecular flexibility index (Phi) is 4.50. The smallest absolute Gasteiger partial charge is 0.0519 e. The third-order valence-corrected chi connectivity index (χ3v) is 4.73. The zero-order valence-electron chi connectivity index (χ0n) is 8.89. The standard InChI is InChI=1S/C11H18N2S2/c12-10(11-3-1-7-15-11)9-13-4-2-6-14-8-5-13/h1,3,7,10H,2,4-6,8-9,12H2. The van der Waals surface area contributed by atoms with Crippen LogP contribution in [0.5, 0.6) is 0 Å². The molecule has 1 fully saturated rings. The van der Waals surface area contributed by atoms with Crippen molar-refractivity contribution in [2.75, 3.05) is 31.1 Å². The Labute approximate surface area is 99.8 Å². The molecule has 0 spiro atoms. The van der Waals surface area contributed by atoms with Crippen LogP contribution in [0.4, 0.5) is 0 Å². The Morgan fingerprint density at radius 1 is 1.40 bits per heavy atom. The molecule has 1 unspecified atom stereocenters. The molecule has 1 aliphatic heterocycles. The van der Waals surface area contributed by atoms with Gasteiger partial charge in [0.2, 0.25) is 0 Å². The first-order chi connectivity index (χ1) is 7.36. The normalized spacial score (nSPS) is 21.1. The third kappa shape index (κ3) is 3.48. The van der Waals surface area contributed by atoms with Gasteiger partial charge in [0.15, 0.2) is 0 Å². The molecular formula is C11H18N2S2. The summed E-state index contributed by atoms with van der Waals surface area (Å²) in [7, 11) is 0. The van der Waals surface area contributed by atoms with Gasteiger partial charge in [0, 0.05) is 23.7 Å². The zero-order valence-corrected chi connectivity index (χ0v) is 10.5. The highest BCUT2D eigenvalue weighted by molar-refractivity contribution is 7.99. The molecule has 0 radical (unpaired) electrons. The minimum Gasteiger partial charge on any atom is -0.322 e. The topological polar surface area (TPSA) is 29.3 Å². The number of hydrogen-bond donors (Lipinski definition) is 1. The molecule has 0 amide bonds. The zero-order chi connectivity index (χ0) is 10.5. The molecule has 1 atom stereocenters. The lowest BCUT2D eigenvalue weighted by Gasteiger charge is -2.22. The summed E-state index contributed by atoms with van der Waals surface area (Å²) in [6, 6.07) is 4.42. The molecule has 4 heteroatoms. The highest BCUT2D eigenvalue weighted by Crippen LogP contribution is 2.19. The van der Waals surface area contributed by atoms with Crippen LogP contribution in [0.2, 0.25) is 0 Å². The summed E-state index contributed by atoms with van der Waals surface area (Å²) in [5, 5.41) is 2.10. The number of hydrogen-bond acceptors (Lipinski definition) is 4. The number of thiophene rings is 1. The van der Waals surface area contributed by atoms with Gasteiger partial charge in [0.25, 0.3) is 0 Å². The van der Waals surface area contributed by atoms with Crippen molar-refractivity contribution < 1.29 is 0 Å². The predicted octanol–water partition coefficient (Wildman–Crippen LogP) is 2.19. The summed E-state index contributed by atoms with van der Waals surface area (Å²) in [6.07, 6.45) is 1.31. The van der Waals surface area contributed by atoms with E-state index in [1.165, 1.54) is 35.9 Å². The first-order valence-electron chi connectivity index (χ1n) is 5.45. The molecule has 0 aromatic carbocycles. The molecular weight excluding hydrogens is 224 g/mol. The van der Waals surface area contributed by atoms with Crippen molar-refractivity contribution in [3.05, 3.63) is 22.4 Å². The van der Waals surface area contributed by atoms with Gasteiger partial charge in [-0.1, -0.05) is 6.07 Å². The monoisotopic (exact) mass is 242 g/mol. The van der Waals surface area contributed by atoms with E-state index in [4.69, 9.17) is 5.73 Å². The highest BCUT2D eigenvalue weighted by Gasteiger charge is 2.14. The van der Waals surface area contributed by atoms with Crippen molar-refractivity contribution in [1.29, 1.82) is 0 Å². The first kappa shape index (κ1) is 11.5. The Morgan fingerprint density at radius 3 is 3.13 bits per heavy atom. The fourth-order valence-electron chi connectivity index (χ4n) is 1.85. The summed E-state index contributed by atoms with van der Waals surface area (Å²) < 4.78 is 0. The molecule has 84 valence electrons. The fraction of sp³-hybridized carbons (Fsp3) is 0.636. The van der Waals surface area contributed by atoms with Crippen molar-refractivity contribution >= 4 is 23.1 Å². The van der Waals surface area contributed by atoms with E-state index in [2.05, 4.69) is 34.2 Å². The molecule has 15 heavy (non-hydrogen) atoms. The second-order valence-electron chi connectivity index (χ2n) is 3.89. The third-order valence-electron chi connectivity index (χ3n) is 2.68. The summed E-state index contributed by atoms with van der Waals surface area (Å²) in [5.74, 6) is 2.57. The lowest BCUT2D eigenvalue weighted by atomic mass is 10.2. The SMILES string of the molecule is NC(CN1CCCSCC1)c1cccs1. The molecule has 1 saturated heterocycles. The number of nitrogens with zero attached hydrogens (tertiary/aromatic N) is 1. The minimum atomic E-state index is 0.202. The number of rotatable bonds is 3. The van der Waals surface area contributed by atoms with E-state index < -0.39 is 0 Å². The van der Waals surface area contributed by atoms with E-state index in [1.54, 1.807) is 11.3 Å². The maximum absolute atomic E-state index is 6.18. The van der Waals surface area contributed by atoms with Crippen LogP contribution < -0.4 is 5.73 Å². The van der Waals surface area contributed by atoms with Gasteiger partial charge in [-0.05, 0) is 30.2 Å². The summed E-state index contributed by atoms with van der Waals surface area (Å²) in [4.78, 5) is 3.82. The van der Waals surface area contributed by atoms with E-state index in [0.717, 1.165) is 6.54 Å². The van der Waals surface area contributed by atoms with Crippen molar-refractivity contribution in [1.82, 2.24) is 4.90 Å². The molecule has 2 N–H and O–H groups in total. The molecule has 0 aliphatic carbocycles. The van der Waals surface area contributed by atoms with Gasteiger partial charge in [0.05, 0.1) is 6.04 Å². The maximum atomic E-state index is 6.18. The number of nitrogens with two attached hydrogens (primary N) is 1. The number of thioether (sulfide) groups is 1. The quantitative estimate of drug-likeness (QED) is 0.881. The Hall–Kier alpha value is -0.0300. The summed E-state index contributed by atoms with van der Waals surface area (Å²) in [6.45, 7) is 3.43. The molecule has 0 bridgehead atoms. The van der Waals surface area contributed by atoms with Crippen LogP contribution in [0.3, 0.4) is 0 Å². The van der Waals surface area contributed by atoms with Gasteiger partial charge < -0.3 is 10.6 Å². The Morgan fingerprint density at radius 2 is 2.33 bits per heavy atom. The first-order valence-corrected chi connectivity index (χ1v) is 7.49. The molecule has 2 rings (SSSR count). The van der Waals surface area contributed by atoms with Gasteiger partial charge in [-0.25, -0.2) is 0 Å². The predicted molar refractivity (Wildman–Crippen MR) is 69.6 cm³/mol. The molecule has 2 heterocycles. The average molecular weight is 242 g/mol. The maximum Gasteiger partial charge on any atom is 0.0519 e. The van der Waals surface area contributed by atoms with Crippen molar-refractivity contribution in [3.63, 3.8) is 0 Å². The van der Waals surface area contributed by atoms with Crippen molar-refractivity contribution in [2.24, 2.45) is 5.73 Å².